The van der Waals surface area contributed by atoms with Crippen LogP contribution in [0.2, 0.25) is 0 Å². The molecule has 1 aliphatic rings. The van der Waals surface area contributed by atoms with Crippen molar-refractivity contribution in [2.45, 2.75) is 38.6 Å². The molecule has 1 aromatic rings. The highest BCUT2D eigenvalue weighted by Gasteiger charge is 2.33. The molecular weight excluding hydrogens is 262 g/mol. The number of carbonyl (C=O) groups is 1. The van der Waals surface area contributed by atoms with Crippen LogP contribution in [0.4, 0.5) is 0 Å². The maximum atomic E-state index is 12.4. The highest BCUT2D eigenvalue weighted by atomic mass is 32.1. The summed E-state index contributed by atoms with van der Waals surface area (Å²) in [6.45, 7) is 2.59. The molecule has 1 amide bonds. The van der Waals surface area contributed by atoms with Crippen LogP contribution in [0.15, 0.2) is 17.3 Å². The van der Waals surface area contributed by atoms with Gasteiger partial charge in [0.1, 0.15) is 5.84 Å². The standard InChI is InChI=1S/C13H19N3O2S/c1-2-10-5-6-11(19-10)13(17)16(9-3-4-9)8-7-12(14)15-18/h5-6,9,18H,2-4,7-8H2,1H3,(H2,14,15). The molecule has 104 valence electrons. The second-order valence-corrected chi connectivity index (χ2v) is 5.86. The van der Waals surface area contributed by atoms with Gasteiger partial charge in [0.05, 0.1) is 4.88 Å². The van der Waals surface area contributed by atoms with Gasteiger partial charge in [0, 0.05) is 23.9 Å². The van der Waals surface area contributed by atoms with E-state index in [0.717, 1.165) is 24.1 Å². The fourth-order valence-electron chi connectivity index (χ4n) is 1.95. The second-order valence-electron chi connectivity index (χ2n) is 4.69. The van der Waals surface area contributed by atoms with Gasteiger partial charge in [-0.2, -0.15) is 0 Å². The van der Waals surface area contributed by atoms with Crippen molar-refractivity contribution in [3.05, 3.63) is 21.9 Å². The molecule has 0 atom stereocenters. The molecule has 6 heteroatoms. The Balaban J connectivity index is 2.04. The van der Waals surface area contributed by atoms with Crippen LogP contribution in [0.25, 0.3) is 0 Å². The third kappa shape index (κ3) is 3.47. The molecule has 0 bridgehead atoms. The van der Waals surface area contributed by atoms with E-state index < -0.39 is 0 Å². The first-order valence-electron chi connectivity index (χ1n) is 6.51. The molecule has 1 aromatic heterocycles. The van der Waals surface area contributed by atoms with Crippen molar-refractivity contribution in [3.63, 3.8) is 0 Å². The number of carbonyl (C=O) groups excluding carboxylic acids is 1. The minimum atomic E-state index is 0.0675. The lowest BCUT2D eigenvalue weighted by molar-refractivity contribution is 0.0752. The predicted molar refractivity (Wildman–Crippen MR) is 75.8 cm³/mol. The largest absolute Gasteiger partial charge is 0.409 e. The molecule has 0 unspecified atom stereocenters. The summed E-state index contributed by atoms with van der Waals surface area (Å²) in [4.78, 5) is 16.3. The fraction of sp³-hybridized carbons (Fsp3) is 0.538. The van der Waals surface area contributed by atoms with Gasteiger partial charge in [0.15, 0.2) is 0 Å². The minimum Gasteiger partial charge on any atom is -0.409 e. The normalized spacial score (nSPS) is 15.5. The van der Waals surface area contributed by atoms with Crippen LogP contribution in [-0.2, 0) is 6.42 Å². The van der Waals surface area contributed by atoms with Gasteiger partial charge in [-0.25, -0.2) is 0 Å². The maximum Gasteiger partial charge on any atom is 0.264 e. The van der Waals surface area contributed by atoms with Gasteiger partial charge in [0.25, 0.3) is 5.91 Å². The Kier molecular flexibility index (Phi) is 4.42. The van der Waals surface area contributed by atoms with E-state index in [1.165, 1.54) is 4.88 Å². The van der Waals surface area contributed by atoms with E-state index in [0.29, 0.717) is 19.0 Å². The van der Waals surface area contributed by atoms with E-state index in [2.05, 4.69) is 12.1 Å². The average molecular weight is 281 g/mol. The molecule has 1 saturated carbocycles. The average Bonchev–Trinajstić information content (AvgIpc) is 3.14. The molecule has 0 radical (unpaired) electrons. The topological polar surface area (TPSA) is 78.9 Å². The third-order valence-electron chi connectivity index (χ3n) is 3.21. The van der Waals surface area contributed by atoms with Crippen molar-refractivity contribution in [3.8, 4) is 0 Å². The molecular formula is C13H19N3O2S. The van der Waals surface area contributed by atoms with Crippen molar-refractivity contribution >= 4 is 23.1 Å². The summed E-state index contributed by atoms with van der Waals surface area (Å²) in [6, 6.07) is 4.23. The Morgan fingerprint density at radius 1 is 1.58 bits per heavy atom. The molecule has 1 aliphatic carbocycles. The molecule has 1 fully saturated rings. The highest BCUT2D eigenvalue weighted by Crippen LogP contribution is 2.30. The molecule has 2 rings (SSSR count). The van der Waals surface area contributed by atoms with Crippen molar-refractivity contribution < 1.29 is 10.0 Å². The van der Waals surface area contributed by atoms with Gasteiger partial charge in [-0.05, 0) is 31.4 Å². The monoisotopic (exact) mass is 281 g/mol. The van der Waals surface area contributed by atoms with E-state index in [1.807, 2.05) is 17.0 Å². The van der Waals surface area contributed by atoms with Gasteiger partial charge in [-0.15, -0.1) is 11.3 Å². The zero-order chi connectivity index (χ0) is 13.8. The Morgan fingerprint density at radius 2 is 2.32 bits per heavy atom. The van der Waals surface area contributed by atoms with Gasteiger partial charge >= 0.3 is 0 Å². The number of thiophene rings is 1. The molecule has 0 aliphatic heterocycles. The van der Waals surface area contributed by atoms with Crippen LogP contribution in [0, 0.1) is 0 Å². The summed E-state index contributed by atoms with van der Waals surface area (Å²) < 4.78 is 0. The number of hydrogen-bond donors (Lipinski definition) is 2. The van der Waals surface area contributed by atoms with Gasteiger partial charge in [-0.1, -0.05) is 12.1 Å². The first-order valence-corrected chi connectivity index (χ1v) is 7.33. The Morgan fingerprint density at radius 3 is 2.84 bits per heavy atom. The molecule has 5 nitrogen and oxygen atoms in total. The van der Waals surface area contributed by atoms with Crippen LogP contribution in [-0.4, -0.2) is 34.4 Å². The zero-order valence-electron chi connectivity index (χ0n) is 11.0. The summed E-state index contributed by atoms with van der Waals surface area (Å²) in [5.41, 5.74) is 5.47. The number of amidine groups is 1. The number of nitrogens with zero attached hydrogens (tertiary/aromatic N) is 2. The molecule has 1 heterocycles. The number of hydrogen-bond acceptors (Lipinski definition) is 4. The summed E-state index contributed by atoms with van der Waals surface area (Å²) in [6.07, 6.45) is 3.46. The fourth-order valence-corrected chi connectivity index (χ4v) is 2.85. The minimum absolute atomic E-state index is 0.0675. The van der Waals surface area contributed by atoms with E-state index in [9.17, 15) is 4.79 Å². The van der Waals surface area contributed by atoms with Gasteiger partial charge in [-0.3, -0.25) is 4.79 Å². The number of rotatable bonds is 6. The molecule has 3 N–H and O–H groups in total. The number of nitrogens with two attached hydrogens (primary N) is 1. The first kappa shape index (κ1) is 13.9. The highest BCUT2D eigenvalue weighted by molar-refractivity contribution is 7.14. The summed E-state index contributed by atoms with van der Waals surface area (Å²) in [5, 5.41) is 11.5. The summed E-state index contributed by atoms with van der Waals surface area (Å²) in [5.74, 6) is 0.233. The second kappa shape index (κ2) is 6.06. The third-order valence-corrected chi connectivity index (χ3v) is 4.42. The van der Waals surface area contributed by atoms with Crippen molar-refractivity contribution in [1.29, 1.82) is 0 Å². The van der Waals surface area contributed by atoms with Gasteiger partial charge < -0.3 is 15.8 Å². The summed E-state index contributed by atoms with van der Waals surface area (Å²) >= 11 is 1.55. The van der Waals surface area contributed by atoms with Crippen LogP contribution in [0.3, 0.4) is 0 Å². The summed E-state index contributed by atoms with van der Waals surface area (Å²) in [7, 11) is 0. The lowest BCUT2D eigenvalue weighted by Crippen LogP contribution is -2.35. The number of aryl methyl sites for hydroxylation is 1. The lowest BCUT2D eigenvalue weighted by atomic mass is 10.3. The van der Waals surface area contributed by atoms with E-state index in [1.54, 1.807) is 11.3 Å². The predicted octanol–water partition coefficient (Wildman–Crippen LogP) is 2.05. The smallest absolute Gasteiger partial charge is 0.264 e. The van der Waals surface area contributed by atoms with Crippen LogP contribution >= 0.6 is 11.3 Å². The van der Waals surface area contributed by atoms with Crippen molar-refractivity contribution in [1.82, 2.24) is 4.90 Å². The van der Waals surface area contributed by atoms with Crippen LogP contribution in [0.1, 0.15) is 40.7 Å². The maximum absolute atomic E-state index is 12.4. The van der Waals surface area contributed by atoms with Crippen LogP contribution < -0.4 is 5.73 Å². The Bertz CT molecular complexity index is 480. The number of amides is 1. The van der Waals surface area contributed by atoms with Gasteiger partial charge in [0.2, 0.25) is 0 Å². The molecule has 0 aromatic carbocycles. The Hall–Kier alpha value is -1.56. The van der Waals surface area contributed by atoms with E-state index >= 15 is 0 Å². The van der Waals surface area contributed by atoms with Crippen LogP contribution in [0.5, 0.6) is 0 Å². The molecule has 0 saturated heterocycles. The molecule has 19 heavy (non-hydrogen) atoms. The zero-order valence-corrected chi connectivity index (χ0v) is 11.8. The first-order chi connectivity index (χ1) is 9.15. The van der Waals surface area contributed by atoms with Crippen molar-refractivity contribution in [2.75, 3.05) is 6.54 Å². The van der Waals surface area contributed by atoms with Crippen molar-refractivity contribution in [2.24, 2.45) is 10.9 Å². The quantitative estimate of drug-likeness (QED) is 0.362. The lowest BCUT2D eigenvalue weighted by Gasteiger charge is -2.21. The van der Waals surface area contributed by atoms with E-state index in [4.69, 9.17) is 10.9 Å². The number of oxime groups is 1. The SMILES string of the molecule is CCc1ccc(C(=O)N(CCC(N)=NO)C2CC2)s1. The Labute approximate surface area is 116 Å². The van der Waals surface area contributed by atoms with E-state index in [-0.39, 0.29) is 11.7 Å². The molecule has 0 spiro atoms.